The van der Waals surface area contributed by atoms with Crippen molar-refractivity contribution < 1.29 is 4.74 Å². The highest BCUT2D eigenvalue weighted by atomic mass is 16.5. The lowest BCUT2D eigenvalue weighted by Crippen LogP contribution is -2.02. The average Bonchev–Trinajstić information content (AvgIpc) is 3.62. The van der Waals surface area contributed by atoms with Crippen LogP contribution in [0.15, 0.2) is 103 Å². The van der Waals surface area contributed by atoms with Crippen LogP contribution < -0.4 is 4.74 Å². The molecule has 7 aromatic rings. The maximum atomic E-state index is 6.79. The second-order valence-corrected chi connectivity index (χ2v) is 14.1. The Morgan fingerprint density at radius 3 is 2.22 bits per heavy atom. The summed E-state index contributed by atoms with van der Waals surface area (Å²) in [6, 6.07) is 34.9. The number of pyridine rings is 1. The topological polar surface area (TPSA) is 44.9 Å². The molecule has 0 atom stereocenters. The zero-order chi connectivity index (χ0) is 35.3. The van der Waals surface area contributed by atoms with E-state index in [1.54, 1.807) is 0 Å². The first-order valence-corrected chi connectivity index (χ1v) is 18.9. The predicted molar refractivity (Wildman–Crippen MR) is 213 cm³/mol. The number of ether oxygens (including phenoxy) is 1. The van der Waals surface area contributed by atoms with Crippen LogP contribution in [0.5, 0.6) is 11.5 Å². The van der Waals surface area contributed by atoms with Crippen LogP contribution in [-0.2, 0) is 12.8 Å². The van der Waals surface area contributed by atoms with Crippen LogP contribution in [0.25, 0.3) is 44.4 Å². The molecule has 5 nitrogen and oxygen atoms in total. The molecule has 0 aliphatic heterocycles. The molecule has 0 radical (unpaired) electrons. The molecular weight excluding hydrogens is 625 g/mol. The lowest BCUT2D eigenvalue weighted by atomic mass is 10.0. The zero-order valence-corrected chi connectivity index (χ0v) is 30.9. The third kappa shape index (κ3) is 7.35. The quantitative estimate of drug-likeness (QED) is 0.108. The molecule has 4 aromatic carbocycles. The second-order valence-electron chi connectivity index (χ2n) is 14.1. The Balaban J connectivity index is 1.30. The van der Waals surface area contributed by atoms with Crippen molar-refractivity contribution in [3.05, 3.63) is 131 Å². The number of aromatic nitrogens is 4. The lowest BCUT2D eigenvalue weighted by Gasteiger charge is -2.13. The first-order valence-electron chi connectivity index (χ1n) is 18.9. The van der Waals surface area contributed by atoms with E-state index >= 15 is 0 Å². The minimum atomic E-state index is 0.800. The Hall–Kier alpha value is -5.16. The number of nitrogens with zero attached hydrogens (tertiary/aromatic N) is 4. The van der Waals surface area contributed by atoms with Crippen LogP contribution in [0.3, 0.4) is 0 Å². The van der Waals surface area contributed by atoms with E-state index in [4.69, 9.17) is 14.8 Å². The van der Waals surface area contributed by atoms with Crippen molar-refractivity contribution in [3.63, 3.8) is 0 Å². The fourth-order valence-corrected chi connectivity index (χ4v) is 7.51. The van der Waals surface area contributed by atoms with Crippen molar-refractivity contribution in [2.75, 3.05) is 0 Å². The first-order chi connectivity index (χ1) is 24.9. The zero-order valence-electron chi connectivity index (χ0n) is 30.9. The molecule has 0 saturated carbocycles. The van der Waals surface area contributed by atoms with E-state index in [-0.39, 0.29) is 0 Å². The van der Waals surface area contributed by atoms with Crippen LogP contribution in [0, 0.1) is 20.8 Å². The summed E-state index contributed by atoms with van der Waals surface area (Å²) < 4.78 is 11.2. The third-order valence-electron chi connectivity index (χ3n) is 10.1. The van der Waals surface area contributed by atoms with E-state index in [0.717, 1.165) is 64.7 Å². The predicted octanol–water partition coefficient (Wildman–Crippen LogP) is 12.6. The Bertz CT molecular complexity index is 2280. The van der Waals surface area contributed by atoms with Crippen molar-refractivity contribution in [2.45, 2.75) is 92.4 Å². The molecule has 7 rings (SSSR count). The lowest BCUT2D eigenvalue weighted by molar-refractivity contribution is 0.482. The average molecular weight is 675 g/mol. The van der Waals surface area contributed by atoms with Gasteiger partial charge in [0.15, 0.2) is 0 Å². The summed E-state index contributed by atoms with van der Waals surface area (Å²) in [4.78, 5) is 4.83. The number of unbranched alkanes of at least 4 members (excludes halogenated alkanes) is 5. The molecule has 5 heteroatoms. The van der Waals surface area contributed by atoms with Gasteiger partial charge in [-0.15, -0.1) is 0 Å². The summed E-state index contributed by atoms with van der Waals surface area (Å²) >= 11 is 0. The van der Waals surface area contributed by atoms with Crippen LogP contribution in [-0.4, -0.2) is 19.3 Å². The molecule has 260 valence electrons. The monoisotopic (exact) mass is 674 g/mol. The summed E-state index contributed by atoms with van der Waals surface area (Å²) in [6.45, 7) is 10.9. The number of rotatable bonds is 14. The highest BCUT2D eigenvalue weighted by molar-refractivity contribution is 6.09. The summed E-state index contributed by atoms with van der Waals surface area (Å²) in [6.07, 6.45) is 12.6. The molecular formula is C46H50N4O. The molecule has 0 unspecified atom stereocenters. The second kappa shape index (κ2) is 15.4. The Kier molecular flexibility index (Phi) is 10.3. The minimum absolute atomic E-state index is 0.800. The molecule has 0 aliphatic carbocycles. The Morgan fingerprint density at radius 1 is 0.627 bits per heavy atom. The number of fused-ring (bicyclic) bond motifs is 3. The van der Waals surface area contributed by atoms with Crippen molar-refractivity contribution in [2.24, 2.45) is 0 Å². The molecule has 0 bridgehead atoms. The van der Waals surface area contributed by atoms with E-state index in [0.29, 0.717) is 0 Å². The fourth-order valence-electron chi connectivity index (χ4n) is 7.51. The van der Waals surface area contributed by atoms with Crippen molar-refractivity contribution in [3.8, 4) is 34.1 Å². The Morgan fingerprint density at radius 2 is 1.41 bits per heavy atom. The van der Waals surface area contributed by atoms with Gasteiger partial charge in [-0.2, -0.15) is 5.10 Å². The summed E-state index contributed by atoms with van der Waals surface area (Å²) in [5.74, 6) is 2.54. The third-order valence-corrected chi connectivity index (χ3v) is 10.1. The van der Waals surface area contributed by atoms with Gasteiger partial charge >= 0.3 is 0 Å². The highest BCUT2D eigenvalue weighted by Gasteiger charge is 2.18. The van der Waals surface area contributed by atoms with E-state index in [1.165, 1.54) is 77.1 Å². The van der Waals surface area contributed by atoms with Gasteiger partial charge in [0, 0.05) is 40.4 Å². The van der Waals surface area contributed by atoms with Gasteiger partial charge in [-0.25, -0.2) is 9.67 Å². The van der Waals surface area contributed by atoms with Gasteiger partial charge in [0.05, 0.1) is 22.4 Å². The van der Waals surface area contributed by atoms with E-state index in [9.17, 15) is 0 Å². The SMILES string of the molecule is CCCCCCc1ccc2c(c1)c1ccc(Oc3cc(CCCCC)cc(-n4nc(C)c(-c5ccccc5)c4C)c3)cc1n2-c1cc(C)ccn1. The number of aryl methyl sites for hydroxylation is 4. The van der Waals surface area contributed by atoms with Crippen molar-refractivity contribution >= 4 is 21.8 Å². The molecule has 0 aliphatic rings. The van der Waals surface area contributed by atoms with Crippen molar-refractivity contribution in [1.29, 1.82) is 0 Å². The minimum Gasteiger partial charge on any atom is -0.457 e. The summed E-state index contributed by atoms with van der Waals surface area (Å²) in [5.41, 5.74) is 11.6. The Labute approximate surface area is 302 Å². The largest absolute Gasteiger partial charge is 0.457 e. The van der Waals surface area contributed by atoms with Crippen LogP contribution in [0.4, 0.5) is 0 Å². The maximum absolute atomic E-state index is 6.79. The highest BCUT2D eigenvalue weighted by Crippen LogP contribution is 2.37. The smallest absolute Gasteiger partial charge is 0.137 e. The summed E-state index contributed by atoms with van der Waals surface area (Å²) in [5, 5.41) is 7.51. The fraction of sp³-hybridized carbons (Fsp3) is 0.304. The molecule has 3 aromatic heterocycles. The van der Waals surface area contributed by atoms with Crippen molar-refractivity contribution in [1.82, 2.24) is 19.3 Å². The summed E-state index contributed by atoms with van der Waals surface area (Å²) in [7, 11) is 0. The van der Waals surface area contributed by atoms with E-state index in [1.807, 2.05) is 6.20 Å². The first kappa shape index (κ1) is 34.3. The molecule has 0 saturated heterocycles. The van der Waals surface area contributed by atoms with Crippen LogP contribution in [0.2, 0.25) is 0 Å². The maximum Gasteiger partial charge on any atom is 0.137 e. The van der Waals surface area contributed by atoms with E-state index < -0.39 is 0 Å². The molecule has 0 amide bonds. The number of benzene rings is 4. The van der Waals surface area contributed by atoms with Gasteiger partial charge in [0.25, 0.3) is 0 Å². The standard InChI is InChI=1S/C46H50N4O/c1-6-8-10-13-16-35-20-23-43-42(29-35)41-22-21-39(31-44(41)49(43)45-26-32(3)24-25-47-45)51-40-28-36(17-12-9-7-2)27-38(30-40)50-34(5)46(33(4)48-50)37-18-14-11-15-19-37/h11,14-15,18-31H,6-10,12-13,16-17H2,1-5H3. The van der Waals surface area contributed by atoms with Gasteiger partial charge in [-0.1, -0.05) is 82.3 Å². The van der Waals surface area contributed by atoms with Gasteiger partial charge in [0.2, 0.25) is 0 Å². The normalized spacial score (nSPS) is 11.5. The molecule has 0 spiro atoms. The molecule has 3 heterocycles. The van der Waals surface area contributed by atoms with Gasteiger partial charge in [-0.3, -0.25) is 4.57 Å². The van der Waals surface area contributed by atoms with Crippen LogP contribution >= 0.6 is 0 Å². The van der Waals surface area contributed by atoms with Gasteiger partial charge < -0.3 is 4.74 Å². The molecule has 51 heavy (non-hydrogen) atoms. The number of hydrogen-bond donors (Lipinski definition) is 0. The number of hydrogen-bond acceptors (Lipinski definition) is 3. The van der Waals surface area contributed by atoms with Crippen LogP contribution in [0.1, 0.15) is 86.9 Å². The van der Waals surface area contributed by atoms with Gasteiger partial charge in [0.1, 0.15) is 17.3 Å². The van der Waals surface area contributed by atoms with Gasteiger partial charge in [-0.05, 0) is 117 Å². The van der Waals surface area contributed by atoms with E-state index in [2.05, 4.69) is 141 Å². The molecule has 0 N–H and O–H groups in total. The molecule has 0 fully saturated rings.